The zero-order valence-corrected chi connectivity index (χ0v) is 11.3. The van der Waals surface area contributed by atoms with Crippen LogP contribution in [0.15, 0.2) is 39.1 Å². The summed E-state index contributed by atoms with van der Waals surface area (Å²) in [5, 5.41) is 8.95. The van der Waals surface area contributed by atoms with Crippen molar-refractivity contribution < 1.29 is 14.3 Å². The van der Waals surface area contributed by atoms with Gasteiger partial charge in [0.2, 0.25) is 0 Å². The van der Waals surface area contributed by atoms with Crippen molar-refractivity contribution in [1.82, 2.24) is 0 Å². The van der Waals surface area contributed by atoms with Gasteiger partial charge in [-0.25, -0.2) is 4.79 Å². The first-order chi connectivity index (χ1) is 8.93. The summed E-state index contributed by atoms with van der Waals surface area (Å²) in [5.74, 6) is -0.876. The Morgan fingerprint density at radius 3 is 2.68 bits per heavy atom. The summed E-state index contributed by atoms with van der Waals surface area (Å²) in [5.41, 5.74) is 1.01. The van der Waals surface area contributed by atoms with Gasteiger partial charge >= 0.3 is 11.6 Å². The van der Waals surface area contributed by atoms with Gasteiger partial charge < -0.3 is 9.52 Å². The van der Waals surface area contributed by atoms with Crippen molar-refractivity contribution in [2.75, 3.05) is 0 Å². The van der Waals surface area contributed by atoms with E-state index in [-0.39, 0.29) is 5.63 Å². The highest BCUT2D eigenvalue weighted by molar-refractivity contribution is 5.72. The topological polar surface area (TPSA) is 67.5 Å². The van der Waals surface area contributed by atoms with Gasteiger partial charge in [0.25, 0.3) is 0 Å². The lowest BCUT2D eigenvalue weighted by molar-refractivity contribution is -0.140. The number of aryl methyl sites for hydroxylation is 1. The van der Waals surface area contributed by atoms with Crippen LogP contribution in [0.3, 0.4) is 0 Å². The molecule has 1 atom stereocenters. The normalized spacial score (nSPS) is 13.7. The third kappa shape index (κ3) is 4.58. The molecule has 4 nitrogen and oxygen atoms in total. The maximum absolute atomic E-state index is 11.3. The first-order valence-corrected chi connectivity index (χ1v) is 6.14. The second-order valence-corrected chi connectivity index (χ2v) is 4.41. The van der Waals surface area contributed by atoms with E-state index in [9.17, 15) is 9.59 Å². The lowest BCUT2D eigenvalue weighted by Gasteiger charge is -2.03. The van der Waals surface area contributed by atoms with Gasteiger partial charge in [0.05, 0.1) is 5.92 Å². The van der Waals surface area contributed by atoms with Crippen LogP contribution in [0.1, 0.15) is 31.6 Å². The lowest BCUT2D eigenvalue weighted by Crippen LogP contribution is -2.09. The zero-order chi connectivity index (χ0) is 14.4. The van der Waals surface area contributed by atoms with E-state index in [0.717, 1.165) is 5.57 Å². The van der Waals surface area contributed by atoms with Crippen molar-refractivity contribution in [1.29, 1.82) is 0 Å². The van der Waals surface area contributed by atoms with Crippen LogP contribution in [-0.4, -0.2) is 11.1 Å². The Hall–Kier alpha value is -2.10. The summed E-state index contributed by atoms with van der Waals surface area (Å²) in [6, 6.07) is 3.39. The molecule has 0 aliphatic rings. The molecule has 1 aromatic rings. The third-order valence-electron chi connectivity index (χ3n) is 2.76. The third-order valence-corrected chi connectivity index (χ3v) is 2.76. The highest BCUT2D eigenvalue weighted by Gasteiger charge is 2.10. The predicted molar refractivity (Wildman–Crippen MR) is 73.9 cm³/mol. The molecule has 0 aromatic carbocycles. The lowest BCUT2D eigenvalue weighted by atomic mass is 10.0. The van der Waals surface area contributed by atoms with Crippen LogP contribution < -0.4 is 5.63 Å². The summed E-state index contributed by atoms with van der Waals surface area (Å²) in [6.45, 7) is 5.32. The minimum Gasteiger partial charge on any atom is -0.481 e. The molecule has 0 saturated carbocycles. The van der Waals surface area contributed by atoms with Crippen molar-refractivity contribution in [2.24, 2.45) is 5.92 Å². The van der Waals surface area contributed by atoms with Gasteiger partial charge in [0, 0.05) is 5.56 Å². The second-order valence-electron chi connectivity index (χ2n) is 4.41. The number of carboxylic acids is 1. The Morgan fingerprint density at radius 2 is 2.16 bits per heavy atom. The number of carbonyl (C=O) groups is 1. The molecule has 4 heteroatoms. The van der Waals surface area contributed by atoms with Gasteiger partial charge in [-0.3, -0.25) is 4.79 Å². The molecule has 1 N–H and O–H groups in total. The van der Waals surface area contributed by atoms with Gasteiger partial charge in [-0.2, -0.15) is 0 Å². The van der Waals surface area contributed by atoms with Crippen LogP contribution in [0.25, 0.3) is 6.08 Å². The minimum absolute atomic E-state index is 0.360. The van der Waals surface area contributed by atoms with Gasteiger partial charge in [-0.15, -0.1) is 0 Å². The van der Waals surface area contributed by atoms with Crippen LogP contribution in [0.4, 0.5) is 0 Å². The van der Waals surface area contributed by atoms with Crippen molar-refractivity contribution >= 4 is 12.0 Å². The maximum Gasteiger partial charge on any atom is 0.339 e. The average Bonchev–Trinajstić information content (AvgIpc) is 2.37. The molecule has 0 fully saturated rings. The van der Waals surface area contributed by atoms with Crippen molar-refractivity contribution in [3.8, 4) is 0 Å². The van der Waals surface area contributed by atoms with Crippen molar-refractivity contribution in [3.63, 3.8) is 0 Å². The molecule has 0 unspecified atom stereocenters. The monoisotopic (exact) mass is 262 g/mol. The van der Waals surface area contributed by atoms with Crippen LogP contribution in [0, 0.1) is 12.8 Å². The predicted octanol–water partition coefficient (Wildman–Crippen LogP) is 3.02. The molecule has 0 bridgehead atoms. The summed E-state index contributed by atoms with van der Waals surface area (Å²) in [6.07, 6.45) is 5.62. The van der Waals surface area contributed by atoms with E-state index < -0.39 is 11.9 Å². The summed E-state index contributed by atoms with van der Waals surface area (Å²) in [7, 11) is 0. The van der Waals surface area contributed by atoms with Gasteiger partial charge in [-0.1, -0.05) is 24.6 Å². The summed E-state index contributed by atoms with van der Waals surface area (Å²) in [4.78, 5) is 22.2. The Morgan fingerprint density at radius 1 is 1.47 bits per heavy atom. The molecule has 0 radical (unpaired) electrons. The Kier molecular flexibility index (Phi) is 5.30. The number of carboxylic acid groups (broad SMARTS) is 1. The molecular formula is C15H18O4. The van der Waals surface area contributed by atoms with E-state index in [0.29, 0.717) is 17.7 Å². The fourth-order valence-corrected chi connectivity index (χ4v) is 1.54. The Labute approximate surface area is 112 Å². The second kappa shape index (κ2) is 6.73. The van der Waals surface area contributed by atoms with Crippen molar-refractivity contribution in [2.45, 2.75) is 27.2 Å². The van der Waals surface area contributed by atoms with E-state index in [1.54, 1.807) is 37.3 Å². The van der Waals surface area contributed by atoms with Crippen molar-refractivity contribution in [3.05, 3.63) is 51.6 Å². The minimum atomic E-state index is -0.836. The molecule has 0 aliphatic carbocycles. The van der Waals surface area contributed by atoms with Gasteiger partial charge in [0.1, 0.15) is 5.76 Å². The van der Waals surface area contributed by atoms with E-state index in [4.69, 9.17) is 9.52 Å². The Balaban J connectivity index is 2.85. The van der Waals surface area contributed by atoms with Crippen LogP contribution in [-0.2, 0) is 4.79 Å². The highest BCUT2D eigenvalue weighted by atomic mass is 16.4. The number of hydrogen-bond acceptors (Lipinski definition) is 3. The molecule has 0 spiro atoms. The molecule has 102 valence electrons. The van der Waals surface area contributed by atoms with Crippen LogP contribution >= 0.6 is 0 Å². The molecule has 0 amide bonds. The van der Waals surface area contributed by atoms with Crippen LogP contribution in [0.2, 0.25) is 0 Å². The average molecular weight is 262 g/mol. The standard InChI is InChI=1S/C15H18O4/c1-4-12(14(16)17)9-10(2)5-7-13-8-6-11(3)15(18)19-13/h5-9,12H,4H2,1-3H3,(H,16,17)/b7-5+,10-9+/t12-/m1/s1. The van der Waals surface area contributed by atoms with Crippen LogP contribution in [0.5, 0.6) is 0 Å². The molecule has 1 aromatic heterocycles. The maximum atomic E-state index is 11.3. The fraction of sp³-hybridized carbons (Fsp3) is 0.333. The first-order valence-electron chi connectivity index (χ1n) is 6.14. The molecule has 19 heavy (non-hydrogen) atoms. The van der Waals surface area contributed by atoms with Gasteiger partial charge in [0.15, 0.2) is 0 Å². The molecule has 0 aliphatic heterocycles. The highest BCUT2D eigenvalue weighted by Crippen LogP contribution is 2.11. The van der Waals surface area contributed by atoms with E-state index >= 15 is 0 Å². The smallest absolute Gasteiger partial charge is 0.339 e. The van der Waals surface area contributed by atoms with E-state index in [1.165, 1.54) is 0 Å². The SMILES string of the molecule is CC[C@H](/C=C(C)/C=C/c1ccc(C)c(=O)o1)C(=O)O. The number of aliphatic carboxylic acids is 1. The molecular weight excluding hydrogens is 244 g/mol. The largest absolute Gasteiger partial charge is 0.481 e. The number of rotatable bonds is 5. The fourth-order valence-electron chi connectivity index (χ4n) is 1.54. The van der Waals surface area contributed by atoms with Gasteiger partial charge in [-0.05, 0) is 38.5 Å². The summed E-state index contributed by atoms with van der Waals surface area (Å²) >= 11 is 0. The zero-order valence-electron chi connectivity index (χ0n) is 11.3. The number of allylic oxidation sites excluding steroid dienone is 2. The molecule has 1 rings (SSSR count). The summed E-state index contributed by atoms with van der Waals surface area (Å²) < 4.78 is 5.05. The molecule has 1 heterocycles. The number of hydrogen-bond donors (Lipinski definition) is 1. The van der Waals surface area contributed by atoms with E-state index in [2.05, 4.69) is 0 Å². The molecule has 0 saturated heterocycles. The Bertz CT molecular complexity index is 564. The first kappa shape index (κ1) is 15.0. The van der Waals surface area contributed by atoms with E-state index in [1.807, 2.05) is 13.8 Å². The quantitative estimate of drug-likeness (QED) is 0.828.